The number of benzene rings is 1. The van der Waals surface area contributed by atoms with E-state index in [2.05, 4.69) is 6.07 Å². The zero-order valence-electron chi connectivity index (χ0n) is 15.7. The van der Waals surface area contributed by atoms with Gasteiger partial charge in [-0.3, -0.25) is 14.2 Å². The van der Waals surface area contributed by atoms with Crippen LogP contribution in [0.3, 0.4) is 0 Å². The first-order valence-electron chi connectivity index (χ1n) is 9.32. The average molecular weight is 385 g/mol. The first kappa shape index (κ1) is 19.4. The van der Waals surface area contributed by atoms with Crippen LogP contribution < -0.4 is 5.56 Å². The minimum Gasteiger partial charge on any atom is -0.344 e. The van der Waals surface area contributed by atoms with Gasteiger partial charge in [-0.05, 0) is 31.9 Å². The van der Waals surface area contributed by atoms with Crippen molar-refractivity contribution in [3.63, 3.8) is 0 Å². The second kappa shape index (κ2) is 8.57. The third kappa shape index (κ3) is 4.16. The van der Waals surface area contributed by atoms with Crippen LogP contribution in [0.5, 0.6) is 0 Å². The monoisotopic (exact) mass is 384 g/mol. The molecule has 3 rings (SSSR count). The number of amides is 1. The first-order chi connectivity index (χ1) is 13.0. The van der Waals surface area contributed by atoms with Gasteiger partial charge in [0.25, 0.3) is 5.56 Å². The summed E-state index contributed by atoms with van der Waals surface area (Å²) < 4.78 is 1.80. The molecule has 1 aromatic heterocycles. The SMILES string of the molecule is C[C@H](Sc1nc2ccccc2c(=O)n1C1CCCC1)C(=O)N(C)CCC#N. The Hall–Kier alpha value is -2.33. The molecule has 0 radical (unpaired) electrons. The molecule has 2 aromatic rings. The van der Waals surface area contributed by atoms with Crippen LogP contribution in [0.25, 0.3) is 10.9 Å². The Morgan fingerprint density at radius 2 is 2.11 bits per heavy atom. The van der Waals surface area contributed by atoms with Crippen LogP contribution in [-0.4, -0.2) is 39.2 Å². The summed E-state index contributed by atoms with van der Waals surface area (Å²) in [5.74, 6) is -0.0596. The van der Waals surface area contributed by atoms with Gasteiger partial charge in [-0.2, -0.15) is 5.26 Å². The molecule has 0 saturated heterocycles. The second-order valence-corrected chi connectivity index (χ2v) is 8.26. The Bertz CT molecular complexity index is 928. The van der Waals surface area contributed by atoms with Crippen LogP contribution in [0, 0.1) is 11.3 Å². The van der Waals surface area contributed by atoms with Crippen molar-refractivity contribution < 1.29 is 4.79 Å². The number of carbonyl (C=O) groups is 1. The maximum atomic E-state index is 13.1. The zero-order chi connectivity index (χ0) is 19.4. The fourth-order valence-corrected chi connectivity index (χ4v) is 4.63. The van der Waals surface area contributed by atoms with Crippen LogP contribution in [-0.2, 0) is 4.79 Å². The number of hydrogen-bond acceptors (Lipinski definition) is 5. The van der Waals surface area contributed by atoms with Crippen LogP contribution in [0.1, 0.15) is 45.1 Å². The fourth-order valence-electron chi connectivity index (χ4n) is 3.54. The van der Waals surface area contributed by atoms with Gasteiger partial charge in [0.2, 0.25) is 5.91 Å². The maximum absolute atomic E-state index is 13.1. The predicted octanol–water partition coefficient (Wildman–Crippen LogP) is 3.36. The van der Waals surface area contributed by atoms with E-state index in [0.29, 0.717) is 29.0 Å². The minimum atomic E-state index is -0.380. The Labute approximate surface area is 163 Å². The average Bonchev–Trinajstić information content (AvgIpc) is 3.19. The molecule has 1 aliphatic carbocycles. The van der Waals surface area contributed by atoms with Gasteiger partial charge >= 0.3 is 0 Å². The number of thioether (sulfide) groups is 1. The molecule has 1 saturated carbocycles. The lowest BCUT2D eigenvalue weighted by atomic mass is 10.2. The standard InChI is InChI=1S/C20H24N4O2S/c1-14(18(25)23(2)13-7-12-21)27-20-22-17-11-6-5-10-16(17)19(26)24(20)15-8-3-4-9-15/h5-6,10-11,14-15H,3-4,7-9,13H2,1-2H3/t14-/m0/s1. The number of fused-ring (bicyclic) bond motifs is 1. The number of aromatic nitrogens is 2. The Morgan fingerprint density at radius 3 is 2.81 bits per heavy atom. The van der Waals surface area contributed by atoms with Gasteiger partial charge in [-0.15, -0.1) is 0 Å². The predicted molar refractivity (Wildman–Crippen MR) is 107 cm³/mol. The van der Waals surface area contributed by atoms with Crippen molar-refractivity contribution in [3.8, 4) is 6.07 Å². The molecule has 1 atom stereocenters. The minimum absolute atomic E-state index is 0.0208. The summed E-state index contributed by atoms with van der Waals surface area (Å²) >= 11 is 1.33. The molecule has 1 heterocycles. The highest BCUT2D eigenvalue weighted by Gasteiger charge is 2.26. The molecule has 142 valence electrons. The third-order valence-electron chi connectivity index (χ3n) is 5.03. The fraction of sp³-hybridized carbons (Fsp3) is 0.500. The molecule has 0 spiro atoms. The van der Waals surface area contributed by atoms with Gasteiger partial charge in [0.1, 0.15) is 0 Å². The summed E-state index contributed by atoms with van der Waals surface area (Å²) in [6.07, 6.45) is 4.47. The molecule has 6 nitrogen and oxygen atoms in total. The molecule has 27 heavy (non-hydrogen) atoms. The molecule has 0 aliphatic heterocycles. The van der Waals surface area contributed by atoms with E-state index in [1.807, 2.05) is 31.2 Å². The normalized spacial score (nSPS) is 15.6. The van der Waals surface area contributed by atoms with Crippen LogP contribution in [0.15, 0.2) is 34.2 Å². The van der Waals surface area contributed by atoms with E-state index in [0.717, 1.165) is 25.7 Å². The van der Waals surface area contributed by atoms with E-state index in [1.165, 1.54) is 11.8 Å². The van der Waals surface area contributed by atoms with E-state index < -0.39 is 0 Å². The molecular formula is C20H24N4O2S. The van der Waals surface area contributed by atoms with E-state index in [9.17, 15) is 9.59 Å². The van der Waals surface area contributed by atoms with Crippen molar-refractivity contribution in [2.75, 3.05) is 13.6 Å². The van der Waals surface area contributed by atoms with E-state index in [4.69, 9.17) is 10.2 Å². The second-order valence-electron chi connectivity index (χ2n) is 6.95. The Morgan fingerprint density at radius 1 is 1.41 bits per heavy atom. The van der Waals surface area contributed by atoms with E-state index >= 15 is 0 Å². The number of para-hydroxylation sites is 1. The van der Waals surface area contributed by atoms with E-state index in [1.54, 1.807) is 16.5 Å². The molecule has 1 amide bonds. The Kier molecular flexibility index (Phi) is 6.17. The smallest absolute Gasteiger partial charge is 0.262 e. The number of carbonyl (C=O) groups excluding carboxylic acids is 1. The molecule has 1 fully saturated rings. The summed E-state index contributed by atoms with van der Waals surface area (Å²) in [5.41, 5.74) is 0.643. The van der Waals surface area contributed by atoms with Crippen LogP contribution in [0.2, 0.25) is 0 Å². The van der Waals surface area contributed by atoms with Crippen molar-refractivity contribution >= 4 is 28.6 Å². The van der Waals surface area contributed by atoms with Gasteiger partial charge in [0.05, 0.1) is 28.6 Å². The summed E-state index contributed by atoms with van der Waals surface area (Å²) in [6.45, 7) is 2.23. The highest BCUT2D eigenvalue weighted by molar-refractivity contribution is 8.00. The van der Waals surface area contributed by atoms with Crippen molar-refractivity contribution in [1.82, 2.24) is 14.5 Å². The van der Waals surface area contributed by atoms with Crippen molar-refractivity contribution in [2.24, 2.45) is 0 Å². The lowest BCUT2D eigenvalue weighted by Gasteiger charge is -2.23. The molecule has 0 bridgehead atoms. The molecule has 1 aromatic carbocycles. The number of hydrogen-bond donors (Lipinski definition) is 0. The van der Waals surface area contributed by atoms with E-state index in [-0.39, 0.29) is 22.8 Å². The van der Waals surface area contributed by atoms with Crippen molar-refractivity contribution in [3.05, 3.63) is 34.6 Å². The van der Waals surface area contributed by atoms with Gasteiger partial charge in [0, 0.05) is 19.6 Å². The summed E-state index contributed by atoms with van der Waals surface area (Å²) in [4.78, 5) is 32.1. The third-order valence-corrected chi connectivity index (χ3v) is 6.08. The molecule has 0 N–H and O–H groups in total. The maximum Gasteiger partial charge on any atom is 0.262 e. The summed E-state index contributed by atoms with van der Waals surface area (Å²) in [5, 5.41) is 9.57. The number of rotatable bonds is 6. The highest BCUT2D eigenvalue weighted by Crippen LogP contribution is 2.33. The Balaban J connectivity index is 1.95. The zero-order valence-corrected chi connectivity index (χ0v) is 16.5. The van der Waals surface area contributed by atoms with Gasteiger partial charge in [0.15, 0.2) is 5.16 Å². The summed E-state index contributed by atoms with van der Waals surface area (Å²) in [6, 6.07) is 9.58. The lowest BCUT2D eigenvalue weighted by Crippen LogP contribution is -2.35. The highest BCUT2D eigenvalue weighted by atomic mass is 32.2. The quantitative estimate of drug-likeness (QED) is 0.564. The van der Waals surface area contributed by atoms with Crippen molar-refractivity contribution in [2.45, 2.75) is 55.5 Å². The summed E-state index contributed by atoms with van der Waals surface area (Å²) in [7, 11) is 1.70. The van der Waals surface area contributed by atoms with Gasteiger partial charge in [-0.25, -0.2) is 4.98 Å². The van der Waals surface area contributed by atoms with Crippen LogP contribution >= 0.6 is 11.8 Å². The lowest BCUT2D eigenvalue weighted by molar-refractivity contribution is -0.128. The van der Waals surface area contributed by atoms with Gasteiger partial charge in [-0.1, -0.05) is 36.7 Å². The topological polar surface area (TPSA) is 79.0 Å². The molecular weight excluding hydrogens is 360 g/mol. The first-order valence-corrected chi connectivity index (χ1v) is 10.2. The van der Waals surface area contributed by atoms with Crippen molar-refractivity contribution in [1.29, 1.82) is 5.26 Å². The molecule has 7 heteroatoms. The molecule has 0 unspecified atom stereocenters. The van der Waals surface area contributed by atoms with Crippen LogP contribution in [0.4, 0.5) is 0 Å². The van der Waals surface area contributed by atoms with Gasteiger partial charge < -0.3 is 4.90 Å². The largest absolute Gasteiger partial charge is 0.344 e. The molecule has 1 aliphatic rings. The number of nitriles is 1. The number of nitrogens with zero attached hydrogens (tertiary/aromatic N) is 4.